The van der Waals surface area contributed by atoms with Gasteiger partial charge in [0.05, 0.1) is 5.69 Å². The van der Waals surface area contributed by atoms with E-state index in [1.165, 1.54) is 6.42 Å². The summed E-state index contributed by atoms with van der Waals surface area (Å²) < 4.78 is 2.20. The number of nitrogens with zero attached hydrogens (tertiary/aromatic N) is 2. The van der Waals surface area contributed by atoms with Crippen LogP contribution < -0.4 is 5.73 Å². The molecule has 2 rings (SSSR count). The Bertz CT molecular complexity index is 293. The highest BCUT2D eigenvalue weighted by molar-refractivity contribution is 6.30. The summed E-state index contributed by atoms with van der Waals surface area (Å²) in [5.41, 5.74) is 6.60. The number of rotatable bonds is 2. The Labute approximate surface area is 76.5 Å². The molecule has 66 valence electrons. The van der Waals surface area contributed by atoms with E-state index in [-0.39, 0.29) is 0 Å². The molecule has 0 unspecified atom stereocenters. The molecule has 0 radical (unpaired) electrons. The molecule has 4 heteroatoms. The molecule has 1 aromatic rings. The fourth-order valence-corrected chi connectivity index (χ4v) is 2.02. The van der Waals surface area contributed by atoms with Crippen LogP contribution in [0.2, 0.25) is 5.15 Å². The number of nitrogens with two attached hydrogens (primary N) is 1. The summed E-state index contributed by atoms with van der Waals surface area (Å²) in [4.78, 5) is 4.28. The molecule has 2 N–H and O–H groups in total. The molecular formula is C8H12ClN3. The van der Waals surface area contributed by atoms with Gasteiger partial charge in [-0.15, -0.1) is 0 Å². The Hall–Kier alpha value is -0.540. The molecule has 0 amide bonds. The quantitative estimate of drug-likeness (QED) is 0.747. The first-order valence-electron chi connectivity index (χ1n) is 4.26. The van der Waals surface area contributed by atoms with Gasteiger partial charge in [0.15, 0.2) is 5.15 Å². The van der Waals surface area contributed by atoms with E-state index in [1.807, 2.05) is 0 Å². The Kier molecular flexibility index (Phi) is 2.07. The van der Waals surface area contributed by atoms with Crippen molar-refractivity contribution in [3.63, 3.8) is 0 Å². The molecule has 1 aliphatic rings. The predicted molar refractivity (Wildman–Crippen MR) is 48.3 cm³/mol. The first-order chi connectivity index (χ1) is 5.83. The molecule has 0 aliphatic carbocycles. The number of hydrogen-bond acceptors (Lipinski definition) is 2. The zero-order chi connectivity index (χ0) is 8.55. The van der Waals surface area contributed by atoms with E-state index in [1.54, 1.807) is 0 Å². The van der Waals surface area contributed by atoms with Gasteiger partial charge in [0.1, 0.15) is 5.82 Å². The maximum atomic E-state index is 5.95. The standard InChI is InChI=1S/C8H12ClN3/c9-8-6(3-4-10)12-5-1-2-7(12)11-8/h1-5,10H2. The summed E-state index contributed by atoms with van der Waals surface area (Å²) in [5.74, 6) is 1.13. The van der Waals surface area contributed by atoms with Gasteiger partial charge < -0.3 is 10.3 Å². The van der Waals surface area contributed by atoms with E-state index in [0.717, 1.165) is 30.9 Å². The van der Waals surface area contributed by atoms with Gasteiger partial charge in [0.25, 0.3) is 0 Å². The van der Waals surface area contributed by atoms with Crippen LogP contribution in [0.25, 0.3) is 0 Å². The predicted octanol–water partition coefficient (Wildman–Crippen LogP) is 0.984. The Balaban J connectivity index is 2.38. The van der Waals surface area contributed by atoms with Gasteiger partial charge in [-0.05, 0) is 13.0 Å². The van der Waals surface area contributed by atoms with Crippen LogP contribution >= 0.6 is 11.6 Å². The molecule has 0 atom stereocenters. The van der Waals surface area contributed by atoms with Crippen LogP contribution in [0, 0.1) is 0 Å². The highest BCUT2D eigenvalue weighted by Gasteiger charge is 2.18. The van der Waals surface area contributed by atoms with E-state index in [0.29, 0.717) is 11.7 Å². The normalized spacial score (nSPS) is 15.2. The van der Waals surface area contributed by atoms with Crippen molar-refractivity contribution in [2.75, 3.05) is 6.54 Å². The second kappa shape index (κ2) is 3.07. The smallest absolute Gasteiger partial charge is 0.150 e. The highest BCUT2D eigenvalue weighted by atomic mass is 35.5. The third-order valence-electron chi connectivity index (χ3n) is 2.27. The van der Waals surface area contributed by atoms with Crippen LogP contribution in [0.5, 0.6) is 0 Å². The van der Waals surface area contributed by atoms with Crippen LogP contribution in [0.3, 0.4) is 0 Å². The van der Waals surface area contributed by atoms with E-state index in [2.05, 4.69) is 9.55 Å². The van der Waals surface area contributed by atoms with Gasteiger partial charge in [0, 0.05) is 19.4 Å². The van der Waals surface area contributed by atoms with Crippen LogP contribution in [0.1, 0.15) is 17.9 Å². The molecule has 0 fully saturated rings. The lowest BCUT2D eigenvalue weighted by atomic mass is 10.3. The van der Waals surface area contributed by atoms with Crippen LogP contribution in [0.4, 0.5) is 0 Å². The third kappa shape index (κ3) is 1.13. The van der Waals surface area contributed by atoms with Crippen LogP contribution in [0.15, 0.2) is 0 Å². The zero-order valence-corrected chi connectivity index (χ0v) is 7.64. The summed E-state index contributed by atoms with van der Waals surface area (Å²) in [6, 6.07) is 0. The lowest BCUT2D eigenvalue weighted by Crippen LogP contribution is -2.08. The first kappa shape index (κ1) is 8.08. The van der Waals surface area contributed by atoms with E-state index < -0.39 is 0 Å². The van der Waals surface area contributed by atoms with Crippen molar-refractivity contribution in [2.24, 2.45) is 5.73 Å². The number of imidazole rings is 1. The summed E-state index contributed by atoms with van der Waals surface area (Å²) >= 11 is 5.95. The topological polar surface area (TPSA) is 43.8 Å². The fraction of sp³-hybridized carbons (Fsp3) is 0.625. The van der Waals surface area contributed by atoms with Gasteiger partial charge in [-0.25, -0.2) is 4.98 Å². The Morgan fingerprint density at radius 1 is 1.58 bits per heavy atom. The summed E-state index contributed by atoms with van der Waals surface area (Å²) in [7, 11) is 0. The molecule has 0 spiro atoms. The van der Waals surface area contributed by atoms with Gasteiger partial charge in [-0.3, -0.25) is 0 Å². The van der Waals surface area contributed by atoms with Gasteiger partial charge in [0.2, 0.25) is 0 Å². The van der Waals surface area contributed by atoms with Crippen molar-refractivity contribution in [3.8, 4) is 0 Å². The minimum Gasteiger partial charge on any atom is -0.331 e. The molecular weight excluding hydrogens is 174 g/mol. The second-order valence-corrected chi connectivity index (χ2v) is 3.42. The highest BCUT2D eigenvalue weighted by Crippen LogP contribution is 2.23. The van der Waals surface area contributed by atoms with E-state index >= 15 is 0 Å². The second-order valence-electron chi connectivity index (χ2n) is 3.06. The lowest BCUT2D eigenvalue weighted by molar-refractivity contribution is 0.702. The Morgan fingerprint density at radius 3 is 3.17 bits per heavy atom. The van der Waals surface area contributed by atoms with Crippen molar-refractivity contribution in [1.29, 1.82) is 0 Å². The minimum atomic E-state index is 0.644. The fourth-order valence-electron chi connectivity index (χ4n) is 1.73. The van der Waals surface area contributed by atoms with Gasteiger partial charge in [-0.2, -0.15) is 0 Å². The molecule has 2 heterocycles. The number of aryl methyl sites for hydroxylation is 1. The number of fused-ring (bicyclic) bond motifs is 1. The van der Waals surface area contributed by atoms with Crippen molar-refractivity contribution in [1.82, 2.24) is 9.55 Å². The van der Waals surface area contributed by atoms with Gasteiger partial charge >= 0.3 is 0 Å². The zero-order valence-electron chi connectivity index (χ0n) is 6.89. The van der Waals surface area contributed by atoms with Crippen LogP contribution in [-0.2, 0) is 19.4 Å². The minimum absolute atomic E-state index is 0.644. The molecule has 1 aromatic heterocycles. The molecule has 0 saturated carbocycles. The molecule has 0 aromatic carbocycles. The molecule has 0 saturated heterocycles. The third-order valence-corrected chi connectivity index (χ3v) is 2.57. The van der Waals surface area contributed by atoms with E-state index in [4.69, 9.17) is 17.3 Å². The van der Waals surface area contributed by atoms with Crippen LogP contribution in [-0.4, -0.2) is 16.1 Å². The maximum absolute atomic E-state index is 5.95. The summed E-state index contributed by atoms with van der Waals surface area (Å²) in [6.45, 7) is 1.70. The molecule has 3 nitrogen and oxygen atoms in total. The number of halogens is 1. The number of aromatic nitrogens is 2. The summed E-state index contributed by atoms with van der Waals surface area (Å²) in [6.07, 6.45) is 3.09. The maximum Gasteiger partial charge on any atom is 0.150 e. The Morgan fingerprint density at radius 2 is 2.42 bits per heavy atom. The monoisotopic (exact) mass is 185 g/mol. The lowest BCUT2D eigenvalue weighted by Gasteiger charge is -2.02. The molecule has 0 bridgehead atoms. The SMILES string of the molecule is NCCc1c(Cl)nc2n1CCC2. The number of hydrogen-bond donors (Lipinski definition) is 1. The first-order valence-corrected chi connectivity index (χ1v) is 4.64. The van der Waals surface area contributed by atoms with Crippen molar-refractivity contribution in [2.45, 2.75) is 25.8 Å². The average molecular weight is 186 g/mol. The van der Waals surface area contributed by atoms with Crippen molar-refractivity contribution < 1.29 is 0 Å². The largest absolute Gasteiger partial charge is 0.331 e. The van der Waals surface area contributed by atoms with E-state index in [9.17, 15) is 0 Å². The molecule has 12 heavy (non-hydrogen) atoms. The van der Waals surface area contributed by atoms with Crippen molar-refractivity contribution >= 4 is 11.6 Å². The van der Waals surface area contributed by atoms with Gasteiger partial charge in [-0.1, -0.05) is 11.6 Å². The van der Waals surface area contributed by atoms with Crippen molar-refractivity contribution in [3.05, 3.63) is 16.7 Å². The average Bonchev–Trinajstić information content (AvgIpc) is 2.56. The summed E-state index contributed by atoms with van der Waals surface area (Å²) in [5, 5.41) is 0.648. The molecule has 1 aliphatic heterocycles.